The first-order valence-electron chi connectivity index (χ1n) is 7.20. The number of sulfonamides is 1. The van der Waals surface area contributed by atoms with Crippen LogP contribution in [0.15, 0.2) is 27.6 Å². The number of ether oxygens (including phenoxy) is 2. The summed E-state index contributed by atoms with van der Waals surface area (Å²) in [5.74, 6) is -0.483. The molecule has 122 valence electrons. The van der Waals surface area contributed by atoms with E-state index in [1.165, 1.54) is 10.4 Å². The molecule has 1 unspecified atom stereocenters. The molecule has 1 aromatic carbocycles. The van der Waals surface area contributed by atoms with E-state index in [0.29, 0.717) is 26.2 Å². The van der Waals surface area contributed by atoms with E-state index in [1.54, 1.807) is 0 Å². The fourth-order valence-corrected chi connectivity index (χ4v) is 5.60. The maximum atomic E-state index is 13.2. The fraction of sp³-hybridized carbons (Fsp3) is 0.571. The number of rotatable bonds is 3. The Kier molecular flexibility index (Phi) is 4.84. The van der Waals surface area contributed by atoms with E-state index in [2.05, 4.69) is 15.9 Å². The second kappa shape index (κ2) is 6.52. The van der Waals surface area contributed by atoms with Gasteiger partial charge in [-0.05, 0) is 47.0 Å². The SMILES string of the molecule is O=S(=O)(c1ccc(F)cc1Br)N1CCCCC1C1OCCO1. The fourth-order valence-electron chi connectivity index (χ4n) is 2.91. The van der Waals surface area contributed by atoms with E-state index >= 15 is 0 Å². The normalized spacial score (nSPS) is 24.7. The van der Waals surface area contributed by atoms with E-state index in [0.717, 1.165) is 25.0 Å². The van der Waals surface area contributed by atoms with Crippen molar-refractivity contribution in [3.63, 3.8) is 0 Å². The predicted molar refractivity (Wildman–Crippen MR) is 81.3 cm³/mol. The highest BCUT2D eigenvalue weighted by atomic mass is 79.9. The molecule has 0 N–H and O–H groups in total. The van der Waals surface area contributed by atoms with Crippen molar-refractivity contribution in [2.24, 2.45) is 0 Å². The van der Waals surface area contributed by atoms with Gasteiger partial charge in [0.25, 0.3) is 0 Å². The van der Waals surface area contributed by atoms with Gasteiger partial charge in [-0.15, -0.1) is 0 Å². The molecule has 0 bridgehead atoms. The molecule has 2 saturated heterocycles. The number of hydrogen-bond acceptors (Lipinski definition) is 4. The van der Waals surface area contributed by atoms with Gasteiger partial charge in [-0.25, -0.2) is 12.8 Å². The number of nitrogens with zero attached hydrogens (tertiary/aromatic N) is 1. The summed E-state index contributed by atoms with van der Waals surface area (Å²) < 4.78 is 51.8. The van der Waals surface area contributed by atoms with Crippen molar-refractivity contribution in [2.75, 3.05) is 19.8 Å². The van der Waals surface area contributed by atoms with E-state index in [-0.39, 0.29) is 15.4 Å². The van der Waals surface area contributed by atoms with Gasteiger partial charge in [0, 0.05) is 11.0 Å². The van der Waals surface area contributed by atoms with Gasteiger partial charge in [0.2, 0.25) is 10.0 Å². The molecule has 2 heterocycles. The lowest BCUT2D eigenvalue weighted by Gasteiger charge is -2.37. The Labute approximate surface area is 137 Å². The molecule has 0 saturated carbocycles. The van der Waals surface area contributed by atoms with Crippen LogP contribution in [0.1, 0.15) is 19.3 Å². The van der Waals surface area contributed by atoms with E-state index < -0.39 is 22.1 Å². The minimum atomic E-state index is -3.74. The van der Waals surface area contributed by atoms with Crippen molar-refractivity contribution >= 4 is 26.0 Å². The zero-order valence-electron chi connectivity index (χ0n) is 11.9. The first kappa shape index (κ1) is 16.3. The van der Waals surface area contributed by atoms with E-state index in [1.807, 2.05) is 0 Å². The molecule has 1 atom stereocenters. The molecule has 0 aromatic heterocycles. The van der Waals surface area contributed by atoms with Gasteiger partial charge in [0.1, 0.15) is 5.82 Å². The lowest BCUT2D eigenvalue weighted by atomic mass is 10.0. The first-order chi connectivity index (χ1) is 10.5. The Morgan fingerprint density at radius 3 is 2.64 bits per heavy atom. The number of halogens is 2. The van der Waals surface area contributed by atoms with Gasteiger partial charge in [0.15, 0.2) is 6.29 Å². The molecule has 2 aliphatic heterocycles. The lowest BCUT2D eigenvalue weighted by Crippen LogP contribution is -2.50. The molecule has 3 rings (SSSR count). The van der Waals surface area contributed by atoms with Crippen molar-refractivity contribution < 1.29 is 22.3 Å². The second-order valence-electron chi connectivity index (χ2n) is 5.36. The average Bonchev–Trinajstić information content (AvgIpc) is 3.01. The number of piperidine rings is 1. The molecule has 8 heteroatoms. The Balaban J connectivity index is 1.94. The second-order valence-corrected chi connectivity index (χ2v) is 8.08. The van der Waals surface area contributed by atoms with Crippen LogP contribution in [0.4, 0.5) is 4.39 Å². The van der Waals surface area contributed by atoms with Gasteiger partial charge in [-0.1, -0.05) is 6.42 Å². The monoisotopic (exact) mass is 393 g/mol. The average molecular weight is 394 g/mol. The van der Waals surface area contributed by atoms with Crippen LogP contribution in [-0.2, 0) is 19.5 Å². The van der Waals surface area contributed by atoms with Crippen LogP contribution in [-0.4, -0.2) is 44.8 Å². The minimum Gasteiger partial charge on any atom is -0.349 e. The third kappa shape index (κ3) is 3.07. The van der Waals surface area contributed by atoms with Crippen molar-refractivity contribution in [3.05, 3.63) is 28.5 Å². The number of hydrogen-bond donors (Lipinski definition) is 0. The number of benzene rings is 1. The summed E-state index contributed by atoms with van der Waals surface area (Å²) in [5.41, 5.74) is 0. The van der Waals surface area contributed by atoms with Gasteiger partial charge in [0.05, 0.1) is 24.2 Å². The van der Waals surface area contributed by atoms with Gasteiger partial charge >= 0.3 is 0 Å². The standard InChI is InChI=1S/C14H17BrFNO4S/c15-11-9-10(16)4-5-13(11)22(18,19)17-6-2-1-3-12(17)14-20-7-8-21-14/h4-5,9,12,14H,1-3,6-8H2. The van der Waals surface area contributed by atoms with Crippen molar-refractivity contribution in [1.82, 2.24) is 4.31 Å². The third-order valence-electron chi connectivity index (χ3n) is 3.94. The van der Waals surface area contributed by atoms with Gasteiger partial charge in [-0.2, -0.15) is 4.31 Å². The minimum absolute atomic E-state index is 0.0683. The maximum absolute atomic E-state index is 13.2. The molecule has 5 nitrogen and oxygen atoms in total. The lowest BCUT2D eigenvalue weighted by molar-refractivity contribution is -0.0913. The van der Waals surface area contributed by atoms with Crippen LogP contribution in [0, 0.1) is 5.82 Å². The van der Waals surface area contributed by atoms with E-state index in [4.69, 9.17) is 9.47 Å². The Morgan fingerprint density at radius 1 is 1.23 bits per heavy atom. The summed E-state index contributed by atoms with van der Waals surface area (Å²) >= 11 is 3.14. The predicted octanol–water partition coefficient (Wildman–Crippen LogP) is 2.50. The molecule has 22 heavy (non-hydrogen) atoms. The Morgan fingerprint density at radius 2 is 1.95 bits per heavy atom. The van der Waals surface area contributed by atoms with E-state index in [9.17, 15) is 12.8 Å². The molecular weight excluding hydrogens is 377 g/mol. The van der Waals surface area contributed by atoms with Crippen molar-refractivity contribution in [3.8, 4) is 0 Å². The summed E-state index contributed by atoms with van der Waals surface area (Å²) in [7, 11) is -3.74. The Hall–Kier alpha value is -0.540. The largest absolute Gasteiger partial charge is 0.349 e. The molecule has 0 amide bonds. The first-order valence-corrected chi connectivity index (χ1v) is 9.43. The zero-order valence-corrected chi connectivity index (χ0v) is 14.3. The van der Waals surface area contributed by atoms with Gasteiger partial charge < -0.3 is 9.47 Å². The van der Waals surface area contributed by atoms with Crippen LogP contribution in [0.25, 0.3) is 0 Å². The highest BCUT2D eigenvalue weighted by molar-refractivity contribution is 9.10. The van der Waals surface area contributed by atoms with Crippen molar-refractivity contribution in [1.29, 1.82) is 0 Å². The van der Waals surface area contributed by atoms with Crippen LogP contribution in [0.2, 0.25) is 0 Å². The quantitative estimate of drug-likeness (QED) is 0.791. The topological polar surface area (TPSA) is 55.8 Å². The molecule has 0 spiro atoms. The molecular formula is C14H17BrFNO4S. The van der Waals surface area contributed by atoms with Gasteiger partial charge in [-0.3, -0.25) is 0 Å². The summed E-state index contributed by atoms with van der Waals surface area (Å²) in [4.78, 5) is 0.0683. The summed E-state index contributed by atoms with van der Waals surface area (Å²) in [6.07, 6.45) is 1.91. The maximum Gasteiger partial charge on any atom is 0.244 e. The molecule has 1 aromatic rings. The smallest absolute Gasteiger partial charge is 0.244 e. The third-order valence-corrected chi connectivity index (χ3v) is 6.84. The summed E-state index contributed by atoms with van der Waals surface area (Å²) in [6, 6.07) is 3.27. The molecule has 2 fully saturated rings. The Bertz CT molecular complexity index is 648. The zero-order chi connectivity index (χ0) is 15.7. The molecule has 2 aliphatic rings. The van der Waals surface area contributed by atoms with Crippen LogP contribution >= 0.6 is 15.9 Å². The highest BCUT2D eigenvalue weighted by Gasteiger charge is 2.41. The van der Waals surface area contributed by atoms with Crippen LogP contribution in [0.3, 0.4) is 0 Å². The molecule has 0 aliphatic carbocycles. The highest BCUT2D eigenvalue weighted by Crippen LogP contribution is 2.32. The summed E-state index contributed by atoms with van der Waals surface area (Å²) in [5, 5.41) is 0. The molecule has 0 radical (unpaired) electrons. The van der Waals surface area contributed by atoms with Crippen LogP contribution in [0.5, 0.6) is 0 Å². The van der Waals surface area contributed by atoms with Crippen LogP contribution < -0.4 is 0 Å². The summed E-state index contributed by atoms with van der Waals surface area (Å²) in [6.45, 7) is 1.38. The van der Waals surface area contributed by atoms with Crippen molar-refractivity contribution in [2.45, 2.75) is 36.5 Å².